The van der Waals surface area contributed by atoms with Gasteiger partial charge in [-0.1, -0.05) is 6.92 Å². The lowest BCUT2D eigenvalue weighted by Crippen LogP contribution is -2.58. The lowest BCUT2D eigenvalue weighted by Gasteiger charge is -2.47. The number of rotatable bonds is 4. The van der Waals surface area contributed by atoms with Gasteiger partial charge in [-0.05, 0) is 78.9 Å². The van der Waals surface area contributed by atoms with Crippen LogP contribution in [0.15, 0.2) is 0 Å². The van der Waals surface area contributed by atoms with Crippen LogP contribution in [0.5, 0.6) is 0 Å². The summed E-state index contributed by atoms with van der Waals surface area (Å²) in [5, 5.41) is 0. The molecular formula is C16H34N4. The molecule has 20 heavy (non-hydrogen) atoms. The van der Waals surface area contributed by atoms with E-state index < -0.39 is 0 Å². The van der Waals surface area contributed by atoms with Gasteiger partial charge in [0, 0.05) is 18.1 Å². The molecule has 118 valence electrons. The minimum atomic E-state index is 0.241. The Hall–Kier alpha value is -0.160. The van der Waals surface area contributed by atoms with E-state index in [9.17, 15) is 0 Å². The molecule has 2 rings (SSSR count). The number of nitrogens with zero attached hydrogens (tertiary/aromatic N) is 3. The van der Waals surface area contributed by atoms with Crippen molar-refractivity contribution in [2.75, 3.05) is 53.4 Å². The van der Waals surface area contributed by atoms with Crippen LogP contribution in [0.4, 0.5) is 0 Å². The van der Waals surface area contributed by atoms with E-state index in [1.807, 2.05) is 0 Å². The van der Waals surface area contributed by atoms with E-state index >= 15 is 0 Å². The van der Waals surface area contributed by atoms with Gasteiger partial charge in [0.05, 0.1) is 0 Å². The van der Waals surface area contributed by atoms with E-state index in [1.54, 1.807) is 0 Å². The van der Waals surface area contributed by atoms with Crippen molar-refractivity contribution in [3.63, 3.8) is 0 Å². The monoisotopic (exact) mass is 282 g/mol. The molecule has 1 unspecified atom stereocenters. The minimum absolute atomic E-state index is 0.241. The third-order valence-electron chi connectivity index (χ3n) is 5.82. The molecule has 0 radical (unpaired) electrons. The second kappa shape index (κ2) is 7.21. The molecule has 2 aliphatic heterocycles. The average Bonchev–Trinajstić information content (AvgIpc) is 2.70. The fourth-order valence-electron chi connectivity index (χ4n) is 4.02. The zero-order valence-corrected chi connectivity index (χ0v) is 13.8. The molecule has 2 N–H and O–H groups in total. The van der Waals surface area contributed by atoms with Crippen molar-refractivity contribution >= 4 is 0 Å². The van der Waals surface area contributed by atoms with Gasteiger partial charge < -0.3 is 15.5 Å². The van der Waals surface area contributed by atoms with Crippen LogP contribution < -0.4 is 5.73 Å². The van der Waals surface area contributed by atoms with Crippen molar-refractivity contribution in [3.8, 4) is 0 Å². The van der Waals surface area contributed by atoms with E-state index in [4.69, 9.17) is 5.73 Å². The molecule has 0 aliphatic carbocycles. The molecular weight excluding hydrogens is 248 g/mol. The van der Waals surface area contributed by atoms with Crippen LogP contribution >= 0.6 is 0 Å². The molecule has 0 spiro atoms. The first-order chi connectivity index (χ1) is 9.61. The van der Waals surface area contributed by atoms with Crippen LogP contribution in [0.3, 0.4) is 0 Å². The van der Waals surface area contributed by atoms with Gasteiger partial charge in [0.15, 0.2) is 0 Å². The molecule has 2 heterocycles. The van der Waals surface area contributed by atoms with Gasteiger partial charge in [-0.3, -0.25) is 4.90 Å². The van der Waals surface area contributed by atoms with Crippen molar-refractivity contribution in [1.29, 1.82) is 0 Å². The van der Waals surface area contributed by atoms with E-state index in [-0.39, 0.29) is 5.54 Å². The second-order valence-corrected chi connectivity index (χ2v) is 6.86. The van der Waals surface area contributed by atoms with Crippen LogP contribution in [0, 0.1) is 0 Å². The number of likely N-dealkylation sites (tertiary alicyclic amines) is 2. The molecule has 4 nitrogen and oxygen atoms in total. The topological polar surface area (TPSA) is 35.7 Å². The van der Waals surface area contributed by atoms with Crippen molar-refractivity contribution < 1.29 is 0 Å². The molecule has 1 atom stereocenters. The smallest absolute Gasteiger partial charge is 0.0344 e. The molecule has 2 fully saturated rings. The molecule has 0 aromatic carbocycles. The molecule has 0 aromatic rings. The van der Waals surface area contributed by atoms with E-state index in [0.717, 1.165) is 12.6 Å². The van der Waals surface area contributed by atoms with Gasteiger partial charge in [-0.2, -0.15) is 0 Å². The Kier molecular flexibility index (Phi) is 5.84. The van der Waals surface area contributed by atoms with Crippen LogP contribution in [0.1, 0.15) is 39.0 Å². The zero-order chi connectivity index (χ0) is 14.6. The van der Waals surface area contributed by atoms with E-state index in [2.05, 4.69) is 35.7 Å². The third kappa shape index (κ3) is 3.53. The fourth-order valence-corrected chi connectivity index (χ4v) is 4.02. The van der Waals surface area contributed by atoms with Gasteiger partial charge in [-0.15, -0.1) is 0 Å². The van der Waals surface area contributed by atoms with Gasteiger partial charge in [0.1, 0.15) is 0 Å². The molecule has 0 saturated carbocycles. The summed E-state index contributed by atoms with van der Waals surface area (Å²) in [6.45, 7) is 9.19. The Morgan fingerprint density at radius 3 is 2.45 bits per heavy atom. The lowest BCUT2D eigenvalue weighted by molar-refractivity contribution is 0.0332. The summed E-state index contributed by atoms with van der Waals surface area (Å²) in [5.74, 6) is 0. The number of hydrogen-bond acceptors (Lipinski definition) is 4. The Morgan fingerprint density at radius 2 is 1.85 bits per heavy atom. The Morgan fingerprint density at radius 1 is 1.15 bits per heavy atom. The predicted octanol–water partition coefficient (Wildman–Crippen LogP) is 1.22. The standard InChI is InChI=1S/C16H34N4/c1-4-20-10-5-8-16(14-17,9-13-20)19(3)15-6-11-18(2)12-7-15/h15H,4-14,17H2,1-3H3. The Labute approximate surface area is 125 Å². The second-order valence-electron chi connectivity index (χ2n) is 6.86. The summed E-state index contributed by atoms with van der Waals surface area (Å²) in [6.07, 6.45) is 6.39. The maximum absolute atomic E-state index is 6.26. The maximum atomic E-state index is 6.26. The van der Waals surface area contributed by atoms with Crippen LogP contribution in [0.2, 0.25) is 0 Å². The highest BCUT2D eigenvalue weighted by atomic mass is 15.2. The first-order valence-corrected chi connectivity index (χ1v) is 8.45. The summed E-state index contributed by atoms with van der Waals surface area (Å²) >= 11 is 0. The maximum Gasteiger partial charge on any atom is 0.0344 e. The summed E-state index contributed by atoms with van der Waals surface area (Å²) in [6, 6.07) is 0.725. The van der Waals surface area contributed by atoms with Gasteiger partial charge in [-0.25, -0.2) is 0 Å². The SMILES string of the molecule is CCN1CCCC(CN)(N(C)C2CCN(C)CC2)CC1. The first-order valence-electron chi connectivity index (χ1n) is 8.45. The molecule has 0 bridgehead atoms. The first kappa shape index (κ1) is 16.2. The Balaban J connectivity index is 2.01. The molecule has 0 amide bonds. The number of nitrogens with two attached hydrogens (primary N) is 1. The van der Waals surface area contributed by atoms with Gasteiger partial charge in [0.2, 0.25) is 0 Å². The van der Waals surface area contributed by atoms with E-state index in [0.29, 0.717) is 0 Å². The average molecular weight is 282 g/mol. The summed E-state index contributed by atoms with van der Waals surface area (Å²) in [5.41, 5.74) is 6.50. The normalized spacial score (nSPS) is 31.6. The molecule has 2 saturated heterocycles. The quantitative estimate of drug-likeness (QED) is 0.841. The molecule has 2 aliphatic rings. The third-order valence-corrected chi connectivity index (χ3v) is 5.82. The van der Waals surface area contributed by atoms with Crippen LogP contribution in [-0.2, 0) is 0 Å². The largest absolute Gasteiger partial charge is 0.329 e. The van der Waals surface area contributed by atoms with Crippen molar-refractivity contribution in [1.82, 2.24) is 14.7 Å². The number of hydrogen-bond donors (Lipinski definition) is 1. The van der Waals surface area contributed by atoms with Crippen molar-refractivity contribution in [3.05, 3.63) is 0 Å². The summed E-state index contributed by atoms with van der Waals surface area (Å²) in [7, 11) is 4.57. The fraction of sp³-hybridized carbons (Fsp3) is 1.00. The van der Waals surface area contributed by atoms with Crippen LogP contribution in [0.25, 0.3) is 0 Å². The van der Waals surface area contributed by atoms with E-state index in [1.165, 1.54) is 64.8 Å². The highest BCUT2D eigenvalue weighted by molar-refractivity contribution is 4.96. The lowest BCUT2D eigenvalue weighted by atomic mass is 9.86. The van der Waals surface area contributed by atoms with Gasteiger partial charge in [0.25, 0.3) is 0 Å². The predicted molar refractivity (Wildman–Crippen MR) is 86.0 cm³/mol. The van der Waals surface area contributed by atoms with Crippen molar-refractivity contribution in [2.24, 2.45) is 5.73 Å². The van der Waals surface area contributed by atoms with Crippen molar-refractivity contribution in [2.45, 2.75) is 50.6 Å². The van der Waals surface area contributed by atoms with Gasteiger partial charge >= 0.3 is 0 Å². The minimum Gasteiger partial charge on any atom is -0.329 e. The Bertz CT molecular complexity index is 288. The summed E-state index contributed by atoms with van der Waals surface area (Å²) in [4.78, 5) is 7.70. The highest BCUT2D eigenvalue weighted by Crippen LogP contribution is 2.31. The number of piperidine rings is 1. The van der Waals surface area contributed by atoms with Crippen LogP contribution in [-0.4, -0.2) is 79.6 Å². The number of likely N-dealkylation sites (N-methyl/N-ethyl adjacent to an activating group) is 1. The highest BCUT2D eigenvalue weighted by Gasteiger charge is 2.38. The summed E-state index contributed by atoms with van der Waals surface area (Å²) < 4.78 is 0. The zero-order valence-electron chi connectivity index (χ0n) is 13.8. The molecule has 0 aromatic heterocycles. The molecule has 4 heteroatoms.